The predicted molar refractivity (Wildman–Crippen MR) is 103 cm³/mol. The number of nitrogens with zero attached hydrogens (tertiary/aromatic N) is 2. The second kappa shape index (κ2) is 7.85. The van der Waals surface area contributed by atoms with Gasteiger partial charge in [-0.15, -0.1) is 0 Å². The van der Waals surface area contributed by atoms with Crippen molar-refractivity contribution in [1.29, 1.82) is 0 Å². The summed E-state index contributed by atoms with van der Waals surface area (Å²) in [6.07, 6.45) is 5.04. The molecule has 1 aromatic carbocycles. The van der Waals surface area contributed by atoms with Gasteiger partial charge in [-0.1, -0.05) is 25.3 Å². The van der Waals surface area contributed by atoms with Crippen molar-refractivity contribution >= 4 is 29.4 Å². The van der Waals surface area contributed by atoms with Gasteiger partial charge in [-0.25, -0.2) is 4.90 Å². The van der Waals surface area contributed by atoms with Crippen LogP contribution in [0.4, 0.5) is 5.69 Å². The molecule has 0 aromatic heterocycles. The standard InChI is InChI=1S/C21H25N3O5/c22-16-8-4-7-14-15(16)11-23(19(14)26)17-9-10-18(25)24(20(17)27)12-29-21(28)13-5-2-1-3-6-13/h4,7-8,13,17H,1-3,5-6,9-12,22H2. The largest absolute Gasteiger partial charge is 0.443 e. The molecule has 2 heterocycles. The van der Waals surface area contributed by atoms with Crippen molar-refractivity contribution in [3.63, 3.8) is 0 Å². The summed E-state index contributed by atoms with van der Waals surface area (Å²) >= 11 is 0. The summed E-state index contributed by atoms with van der Waals surface area (Å²) < 4.78 is 5.30. The number of fused-ring (bicyclic) bond motifs is 1. The van der Waals surface area contributed by atoms with Crippen LogP contribution in [0.25, 0.3) is 0 Å². The number of piperidine rings is 1. The van der Waals surface area contributed by atoms with Crippen LogP contribution < -0.4 is 5.73 Å². The molecule has 1 saturated carbocycles. The summed E-state index contributed by atoms with van der Waals surface area (Å²) in [4.78, 5) is 52.8. The van der Waals surface area contributed by atoms with Crippen molar-refractivity contribution in [3.8, 4) is 0 Å². The highest BCUT2D eigenvalue weighted by Crippen LogP contribution is 2.32. The number of anilines is 1. The summed E-state index contributed by atoms with van der Waals surface area (Å²) in [7, 11) is 0. The van der Waals surface area contributed by atoms with E-state index in [1.807, 2.05) is 0 Å². The maximum atomic E-state index is 13.0. The van der Waals surface area contributed by atoms with Crippen LogP contribution in [0.2, 0.25) is 0 Å². The number of rotatable bonds is 4. The molecule has 29 heavy (non-hydrogen) atoms. The molecule has 1 atom stereocenters. The Kier molecular flexibility index (Phi) is 5.25. The van der Waals surface area contributed by atoms with E-state index in [-0.39, 0.29) is 49.8 Å². The average molecular weight is 399 g/mol. The smallest absolute Gasteiger partial charge is 0.310 e. The van der Waals surface area contributed by atoms with Gasteiger partial charge in [0.05, 0.1) is 5.92 Å². The summed E-state index contributed by atoms with van der Waals surface area (Å²) in [5.41, 5.74) is 7.68. The van der Waals surface area contributed by atoms with Crippen LogP contribution in [0.1, 0.15) is 60.9 Å². The Morgan fingerprint density at radius 1 is 1.10 bits per heavy atom. The zero-order valence-corrected chi connectivity index (χ0v) is 16.3. The minimum Gasteiger partial charge on any atom is -0.443 e. The van der Waals surface area contributed by atoms with E-state index in [4.69, 9.17) is 10.5 Å². The lowest BCUT2D eigenvalue weighted by Crippen LogP contribution is -2.55. The Labute approximate surface area is 169 Å². The number of nitrogen functional groups attached to an aromatic ring is 1. The molecule has 1 saturated heterocycles. The first-order valence-corrected chi connectivity index (χ1v) is 10.2. The van der Waals surface area contributed by atoms with Crippen molar-refractivity contribution in [3.05, 3.63) is 29.3 Å². The minimum absolute atomic E-state index is 0.118. The van der Waals surface area contributed by atoms with Crippen LogP contribution in [-0.4, -0.2) is 46.3 Å². The molecule has 1 aromatic rings. The Hall–Kier alpha value is -2.90. The summed E-state index contributed by atoms with van der Waals surface area (Å²) in [6, 6.07) is 4.36. The highest BCUT2D eigenvalue weighted by atomic mass is 16.5. The van der Waals surface area contributed by atoms with E-state index in [0.717, 1.165) is 37.0 Å². The molecule has 4 rings (SSSR count). The topological polar surface area (TPSA) is 110 Å². The molecule has 3 aliphatic rings. The van der Waals surface area contributed by atoms with E-state index in [0.29, 0.717) is 16.8 Å². The van der Waals surface area contributed by atoms with E-state index < -0.39 is 11.9 Å². The molecule has 0 spiro atoms. The van der Waals surface area contributed by atoms with Crippen molar-refractivity contribution in [2.75, 3.05) is 12.5 Å². The number of hydrogen-bond acceptors (Lipinski definition) is 6. The van der Waals surface area contributed by atoms with E-state index in [9.17, 15) is 19.2 Å². The fourth-order valence-electron chi connectivity index (χ4n) is 4.46. The number of amides is 3. The highest BCUT2D eigenvalue weighted by Gasteiger charge is 2.43. The average Bonchev–Trinajstić information content (AvgIpc) is 3.06. The molecule has 2 N–H and O–H groups in total. The fraction of sp³-hybridized carbons (Fsp3) is 0.524. The van der Waals surface area contributed by atoms with Crippen molar-refractivity contribution < 1.29 is 23.9 Å². The van der Waals surface area contributed by atoms with E-state index in [2.05, 4.69) is 0 Å². The number of carbonyl (C=O) groups is 4. The van der Waals surface area contributed by atoms with Gasteiger partial charge in [-0.2, -0.15) is 0 Å². The number of esters is 1. The third-order valence-corrected chi connectivity index (χ3v) is 6.17. The molecule has 8 heteroatoms. The molecule has 1 unspecified atom stereocenters. The Bertz CT molecular complexity index is 862. The molecule has 8 nitrogen and oxygen atoms in total. The number of carbonyl (C=O) groups excluding carboxylic acids is 4. The van der Waals surface area contributed by atoms with E-state index in [1.165, 1.54) is 4.90 Å². The van der Waals surface area contributed by atoms with Crippen molar-refractivity contribution in [2.45, 2.75) is 57.5 Å². The van der Waals surface area contributed by atoms with Crippen LogP contribution in [-0.2, 0) is 25.7 Å². The molecule has 1 aliphatic carbocycles. The maximum absolute atomic E-state index is 13.0. The zero-order chi connectivity index (χ0) is 20.5. The number of likely N-dealkylation sites (tertiary alicyclic amines) is 1. The van der Waals surface area contributed by atoms with Gasteiger partial charge in [0.15, 0.2) is 6.73 Å². The third kappa shape index (κ3) is 3.59. The molecule has 154 valence electrons. The lowest BCUT2D eigenvalue weighted by molar-refractivity contribution is -0.166. The highest BCUT2D eigenvalue weighted by molar-refractivity contribution is 6.06. The van der Waals surface area contributed by atoms with Gasteiger partial charge in [0.25, 0.3) is 11.8 Å². The van der Waals surface area contributed by atoms with Crippen LogP contribution in [0.3, 0.4) is 0 Å². The van der Waals surface area contributed by atoms with Gasteiger partial charge in [-0.3, -0.25) is 19.2 Å². The quantitative estimate of drug-likeness (QED) is 0.470. The van der Waals surface area contributed by atoms with Crippen LogP contribution in [0, 0.1) is 5.92 Å². The SMILES string of the molecule is Nc1cccc2c1CN(C1CCC(=O)N(COC(=O)C3CCCCC3)C1=O)C2=O. The summed E-state index contributed by atoms with van der Waals surface area (Å²) in [6.45, 7) is -0.151. The Balaban J connectivity index is 1.43. The van der Waals surface area contributed by atoms with E-state index in [1.54, 1.807) is 18.2 Å². The zero-order valence-electron chi connectivity index (χ0n) is 16.3. The molecular weight excluding hydrogens is 374 g/mol. The second-order valence-electron chi connectivity index (χ2n) is 7.95. The molecule has 0 radical (unpaired) electrons. The number of ether oxygens (including phenoxy) is 1. The summed E-state index contributed by atoms with van der Waals surface area (Å²) in [5.74, 6) is -1.67. The van der Waals surface area contributed by atoms with Gasteiger partial charge < -0.3 is 15.4 Å². The number of benzene rings is 1. The first-order chi connectivity index (χ1) is 14.0. The first-order valence-electron chi connectivity index (χ1n) is 10.2. The molecule has 3 amide bonds. The summed E-state index contributed by atoms with van der Waals surface area (Å²) in [5, 5.41) is 0. The van der Waals surface area contributed by atoms with Crippen LogP contribution in [0.15, 0.2) is 18.2 Å². The predicted octanol–water partition coefficient (Wildman–Crippen LogP) is 1.82. The van der Waals surface area contributed by atoms with Crippen molar-refractivity contribution in [1.82, 2.24) is 9.80 Å². The fourth-order valence-corrected chi connectivity index (χ4v) is 4.46. The van der Waals surface area contributed by atoms with E-state index >= 15 is 0 Å². The Morgan fingerprint density at radius 3 is 2.59 bits per heavy atom. The van der Waals surface area contributed by atoms with Gasteiger partial charge >= 0.3 is 5.97 Å². The number of imide groups is 1. The first kappa shape index (κ1) is 19.4. The number of hydrogen-bond donors (Lipinski definition) is 1. The lowest BCUT2D eigenvalue weighted by atomic mass is 9.89. The van der Waals surface area contributed by atoms with Crippen LogP contribution >= 0.6 is 0 Å². The Morgan fingerprint density at radius 2 is 1.86 bits per heavy atom. The van der Waals surface area contributed by atoms with Gasteiger partial charge in [0, 0.05) is 29.8 Å². The lowest BCUT2D eigenvalue weighted by Gasteiger charge is -2.35. The minimum atomic E-state index is -0.764. The normalized spacial score (nSPS) is 22.8. The van der Waals surface area contributed by atoms with Crippen molar-refractivity contribution in [2.24, 2.45) is 5.92 Å². The molecule has 2 fully saturated rings. The second-order valence-corrected chi connectivity index (χ2v) is 7.95. The van der Waals surface area contributed by atoms with Gasteiger partial charge in [0.1, 0.15) is 6.04 Å². The third-order valence-electron chi connectivity index (χ3n) is 6.17. The monoisotopic (exact) mass is 399 g/mol. The molecule has 0 bridgehead atoms. The van der Waals surface area contributed by atoms with Crippen LogP contribution in [0.5, 0.6) is 0 Å². The maximum Gasteiger partial charge on any atom is 0.310 e. The molecular formula is C21H25N3O5. The number of nitrogens with two attached hydrogens (primary N) is 1. The van der Waals surface area contributed by atoms with Gasteiger partial charge in [0.2, 0.25) is 5.91 Å². The molecule has 2 aliphatic heterocycles. The van der Waals surface area contributed by atoms with Gasteiger partial charge in [-0.05, 0) is 31.4 Å².